The fourth-order valence-electron chi connectivity index (χ4n) is 1.46. The molecule has 0 fully saturated rings. The van der Waals surface area contributed by atoms with Crippen LogP contribution in [-0.2, 0) is 12.0 Å². The van der Waals surface area contributed by atoms with Crippen LogP contribution in [0.25, 0.3) is 0 Å². The summed E-state index contributed by atoms with van der Waals surface area (Å²) in [7, 11) is 0. The molecule has 1 rings (SSSR count). The highest BCUT2D eigenvalue weighted by Gasteiger charge is 2.25. The van der Waals surface area contributed by atoms with E-state index in [0.29, 0.717) is 6.42 Å². The van der Waals surface area contributed by atoms with Gasteiger partial charge in [-0.15, -0.1) is 0 Å². The fourth-order valence-corrected chi connectivity index (χ4v) is 1.46. The summed E-state index contributed by atoms with van der Waals surface area (Å²) < 4.78 is 0. The second-order valence-electron chi connectivity index (χ2n) is 3.59. The van der Waals surface area contributed by atoms with Crippen molar-refractivity contribution in [3.8, 4) is 0 Å². The van der Waals surface area contributed by atoms with Gasteiger partial charge in [0.2, 0.25) is 0 Å². The van der Waals surface area contributed by atoms with E-state index >= 15 is 0 Å². The summed E-state index contributed by atoms with van der Waals surface area (Å²) in [5.74, 6) is 0. The molecule has 0 saturated heterocycles. The normalized spacial score (nSPS) is 15.1. The van der Waals surface area contributed by atoms with Crippen molar-refractivity contribution in [1.82, 2.24) is 0 Å². The SMILES string of the molecule is CCc1ccc(C(O)(CC)CO)cc1. The van der Waals surface area contributed by atoms with E-state index in [0.717, 1.165) is 12.0 Å². The first-order valence-electron chi connectivity index (χ1n) is 5.09. The molecule has 0 heterocycles. The highest BCUT2D eigenvalue weighted by atomic mass is 16.3. The van der Waals surface area contributed by atoms with Gasteiger partial charge in [-0.3, -0.25) is 0 Å². The lowest BCUT2D eigenvalue weighted by Gasteiger charge is -2.24. The van der Waals surface area contributed by atoms with Crippen LogP contribution < -0.4 is 0 Å². The number of rotatable bonds is 4. The molecule has 14 heavy (non-hydrogen) atoms. The van der Waals surface area contributed by atoms with E-state index in [4.69, 9.17) is 5.11 Å². The maximum atomic E-state index is 10.0. The van der Waals surface area contributed by atoms with Crippen LogP contribution in [0.2, 0.25) is 0 Å². The standard InChI is InChI=1S/C12H18O2/c1-3-10-5-7-11(8-6-10)12(14,4-2)9-13/h5-8,13-14H,3-4,9H2,1-2H3. The van der Waals surface area contributed by atoms with E-state index in [1.807, 2.05) is 31.2 Å². The Kier molecular flexibility index (Phi) is 3.67. The number of aliphatic hydroxyl groups excluding tert-OH is 1. The third-order valence-electron chi connectivity index (χ3n) is 2.75. The van der Waals surface area contributed by atoms with Crippen LogP contribution in [-0.4, -0.2) is 16.8 Å². The molecule has 0 aliphatic carbocycles. The van der Waals surface area contributed by atoms with Crippen molar-refractivity contribution in [2.45, 2.75) is 32.3 Å². The number of aryl methyl sites for hydroxylation is 1. The maximum absolute atomic E-state index is 10.0. The molecular formula is C12H18O2. The first-order chi connectivity index (χ1) is 6.66. The zero-order chi connectivity index (χ0) is 10.6. The zero-order valence-corrected chi connectivity index (χ0v) is 8.83. The van der Waals surface area contributed by atoms with E-state index in [1.54, 1.807) is 0 Å². The number of benzene rings is 1. The van der Waals surface area contributed by atoms with Crippen LogP contribution in [0.1, 0.15) is 31.4 Å². The minimum Gasteiger partial charge on any atom is -0.393 e. The quantitative estimate of drug-likeness (QED) is 0.767. The van der Waals surface area contributed by atoms with Crippen LogP contribution in [0.3, 0.4) is 0 Å². The van der Waals surface area contributed by atoms with Gasteiger partial charge < -0.3 is 10.2 Å². The molecule has 1 atom stereocenters. The Hall–Kier alpha value is -0.860. The summed E-state index contributed by atoms with van der Waals surface area (Å²) in [6, 6.07) is 7.76. The van der Waals surface area contributed by atoms with Crippen LogP contribution in [0.4, 0.5) is 0 Å². The first kappa shape index (κ1) is 11.2. The molecule has 0 spiro atoms. The zero-order valence-electron chi connectivity index (χ0n) is 8.83. The van der Waals surface area contributed by atoms with Crippen LogP contribution in [0.15, 0.2) is 24.3 Å². The molecule has 2 nitrogen and oxygen atoms in total. The third-order valence-corrected chi connectivity index (χ3v) is 2.75. The second-order valence-corrected chi connectivity index (χ2v) is 3.59. The fraction of sp³-hybridized carbons (Fsp3) is 0.500. The predicted octanol–water partition coefficient (Wildman–Crippen LogP) is 1.84. The Labute approximate surface area is 85.2 Å². The summed E-state index contributed by atoms with van der Waals surface area (Å²) >= 11 is 0. The first-order valence-corrected chi connectivity index (χ1v) is 5.09. The smallest absolute Gasteiger partial charge is 0.112 e. The summed E-state index contributed by atoms with van der Waals surface area (Å²) in [4.78, 5) is 0. The summed E-state index contributed by atoms with van der Waals surface area (Å²) in [5, 5.41) is 19.1. The lowest BCUT2D eigenvalue weighted by molar-refractivity contribution is -0.0222. The molecule has 0 aliphatic rings. The topological polar surface area (TPSA) is 40.5 Å². The molecule has 0 amide bonds. The van der Waals surface area contributed by atoms with Gasteiger partial charge in [-0.05, 0) is 24.0 Å². The monoisotopic (exact) mass is 194 g/mol. The number of hydrogen-bond acceptors (Lipinski definition) is 2. The molecule has 0 radical (unpaired) electrons. The van der Waals surface area contributed by atoms with Crippen molar-refractivity contribution in [3.63, 3.8) is 0 Å². The van der Waals surface area contributed by atoms with E-state index in [-0.39, 0.29) is 6.61 Å². The lowest BCUT2D eigenvalue weighted by Crippen LogP contribution is -2.29. The third kappa shape index (κ3) is 2.14. The average Bonchev–Trinajstić information content (AvgIpc) is 2.28. The average molecular weight is 194 g/mol. The molecule has 1 aromatic carbocycles. The Morgan fingerprint density at radius 1 is 1.14 bits per heavy atom. The summed E-state index contributed by atoms with van der Waals surface area (Å²) in [5.41, 5.74) is 0.955. The Morgan fingerprint density at radius 2 is 1.71 bits per heavy atom. The second kappa shape index (κ2) is 4.58. The van der Waals surface area contributed by atoms with Gasteiger partial charge in [-0.2, -0.15) is 0 Å². The minimum atomic E-state index is -1.08. The lowest BCUT2D eigenvalue weighted by atomic mass is 9.91. The van der Waals surface area contributed by atoms with Gasteiger partial charge in [-0.25, -0.2) is 0 Å². The summed E-state index contributed by atoms with van der Waals surface area (Å²) in [6.45, 7) is 3.73. The number of hydrogen-bond donors (Lipinski definition) is 2. The van der Waals surface area contributed by atoms with Crippen molar-refractivity contribution >= 4 is 0 Å². The van der Waals surface area contributed by atoms with E-state index in [9.17, 15) is 5.11 Å². The van der Waals surface area contributed by atoms with Crippen molar-refractivity contribution in [2.75, 3.05) is 6.61 Å². The van der Waals surface area contributed by atoms with Crippen LogP contribution in [0, 0.1) is 0 Å². The van der Waals surface area contributed by atoms with Crippen molar-refractivity contribution < 1.29 is 10.2 Å². The predicted molar refractivity (Wildman–Crippen MR) is 57.1 cm³/mol. The van der Waals surface area contributed by atoms with Gasteiger partial charge in [-0.1, -0.05) is 38.1 Å². The molecule has 0 bridgehead atoms. The van der Waals surface area contributed by atoms with E-state index in [2.05, 4.69) is 6.92 Å². The minimum absolute atomic E-state index is 0.227. The van der Waals surface area contributed by atoms with Gasteiger partial charge in [0.05, 0.1) is 6.61 Å². The van der Waals surface area contributed by atoms with Crippen LogP contribution in [0.5, 0.6) is 0 Å². The molecular weight excluding hydrogens is 176 g/mol. The van der Waals surface area contributed by atoms with Gasteiger partial charge in [0.25, 0.3) is 0 Å². The molecule has 0 aromatic heterocycles. The van der Waals surface area contributed by atoms with Crippen molar-refractivity contribution in [1.29, 1.82) is 0 Å². The molecule has 1 aromatic rings. The Balaban J connectivity index is 2.95. The van der Waals surface area contributed by atoms with E-state index in [1.165, 1.54) is 5.56 Å². The van der Waals surface area contributed by atoms with Crippen molar-refractivity contribution in [3.05, 3.63) is 35.4 Å². The molecule has 2 heteroatoms. The highest BCUT2D eigenvalue weighted by molar-refractivity contribution is 5.27. The van der Waals surface area contributed by atoms with Gasteiger partial charge in [0.15, 0.2) is 0 Å². The number of aliphatic hydroxyl groups is 2. The summed E-state index contributed by atoms with van der Waals surface area (Å²) in [6.07, 6.45) is 1.51. The molecule has 0 aliphatic heterocycles. The van der Waals surface area contributed by atoms with Crippen LogP contribution >= 0.6 is 0 Å². The molecule has 1 unspecified atom stereocenters. The van der Waals surface area contributed by atoms with E-state index < -0.39 is 5.60 Å². The van der Waals surface area contributed by atoms with Gasteiger partial charge in [0, 0.05) is 0 Å². The molecule has 0 saturated carbocycles. The highest BCUT2D eigenvalue weighted by Crippen LogP contribution is 2.24. The van der Waals surface area contributed by atoms with Gasteiger partial charge >= 0.3 is 0 Å². The van der Waals surface area contributed by atoms with Crippen molar-refractivity contribution in [2.24, 2.45) is 0 Å². The maximum Gasteiger partial charge on any atom is 0.112 e. The molecule has 78 valence electrons. The largest absolute Gasteiger partial charge is 0.393 e. The van der Waals surface area contributed by atoms with Gasteiger partial charge in [0.1, 0.15) is 5.60 Å². The molecule has 2 N–H and O–H groups in total. The Morgan fingerprint density at radius 3 is 2.07 bits per heavy atom. The Bertz CT molecular complexity index is 273.